The van der Waals surface area contributed by atoms with Crippen molar-refractivity contribution in [3.63, 3.8) is 0 Å². The van der Waals surface area contributed by atoms with Gasteiger partial charge in [0.15, 0.2) is 0 Å². The number of hydrogen-bond acceptors (Lipinski definition) is 3. The minimum atomic E-state index is -1.13. The van der Waals surface area contributed by atoms with E-state index in [9.17, 15) is 15.0 Å². The van der Waals surface area contributed by atoms with Gasteiger partial charge in [-0.15, -0.1) is 0 Å². The van der Waals surface area contributed by atoms with E-state index in [1.165, 1.54) is 0 Å². The highest BCUT2D eigenvalue weighted by atomic mass is 16.4. The van der Waals surface area contributed by atoms with Crippen molar-refractivity contribution in [3.05, 3.63) is 64.7 Å². The van der Waals surface area contributed by atoms with Gasteiger partial charge >= 0.3 is 5.97 Å². The van der Waals surface area contributed by atoms with Gasteiger partial charge < -0.3 is 15.9 Å². The highest BCUT2D eigenvalue weighted by Gasteiger charge is 2.30. The van der Waals surface area contributed by atoms with Crippen molar-refractivity contribution in [2.75, 3.05) is 0 Å². The summed E-state index contributed by atoms with van der Waals surface area (Å²) < 4.78 is 0. The van der Waals surface area contributed by atoms with Gasteiger partial charge in [-0.3, -0.25) is 4.79 Å². The maximum Gasteiger partial charge on any atom is 0.321 e. The second-order valence-corrected chi connectivity index (χ2v) is 5.27. The zero-order chi connectivity index (χ0) is 15.6. The predicted octanol–water partition coefficient (Wildman–Crippen LogP) is 2.55. The predicted molar refractivity (Wildman–Crippen MR) is 81.5 cm³/mol. The summed E-state index contributed by atoms with van der Waals surface area (Å²) in [4.78, 5) is 11.4. The fourth-order valence-electron chi connectivity index (χ4n) is 2.72. The molecule has 4 heteroatoms. The van der Waals surface area contributed by atoms with Crippen LogP contribution in [0.4, 0.5) is 0 Å². The minimum Gasteiger partial charge on any atom is -0.508 e. The summed E-state index contributed by atoms with van der Waals surface area (Å²) in [7, 11) is 0. The molecule has 2 rings (SSSR count). The first-order valence-corrected chi connectivity index (χ1v) is 6.75. The van der Waals surface area contributed by atoms with Crippen LogP contribution in [0.1, 0.15) is 28.2 Å². The molecule has 0 radical (unpaired) electrons. The van der Waals surface area contributed by atoms with Crippen molar-refractivity contribution < 1.29 is 15.0 Å². The number of nitrogens with two attached hydrogens (primary N) is 1. The van der Waals surface area contributed by atoms with E-state index in [-0.39, 0.29) is 5.75 Å². The van der Waals surface area contributed by atoms with Gasteiger partial charge in [0.1, 0.15) is 11.8 Å². The van der Waals surface area contributed by atoms with Gasteiger partial charge in [0.05, 0.1) is 0 Å². The Balaban J connectivity index is 2.64. The standard InChI is InChI=1S/C17H19NO3/c1-10-8-11(2)14(13(19)9-10)15(16(18)17(20)21)12-6-4-3-5-7-12/h3-9,15-16,19H,18H2,1-2H3,(H,20,21)/t15-,16-/m1/s1. The fraction of sp³-hybridized carbons (Fsp3) is 0.235. The second kappa shape index (κ2) is 5.97. The molecule has 110 valence electrons. The molecule has 0 fully saturated rings. The summed E-state index contributed by atoms with van der Waals surface area (Å²) in [6.45, 7) is 3.73. The normalized spacial score (nSPS) is 13.7. The van der Waals surface area contributed by atoms with Crippen LogP contribution < -0.4 is 5.73 Å². The van der Waals surface area contributed by atoms with Crippen LogP contribution in [0.15, 0.2) is 42.5 Å². The maximum atomic E-state index is 11.4. The summed E-state index contributed by atoms with van der Waals surface area (Å²) in [5.41, 5.74) is 8.99. The van der Waals surface area contributed by atoms with Crippen LogP contribution in [-0.4, -0.2) is 22.2 Å². The van der Waals surface area contributed by atoms with Crippen molar-refractivity contribution in [2.24, 2.45) is 5.73 Å². The molecule has 0 heterocycles. The molecule has 0 unspecified atom stereocenters. The van der Waals surface area contributed by atoms with Crippen molar-refractivity contribution >= 4 is 5.97 Å². The quantitative estimate of drug-likeness (QED) is 0.806. The van der Waals surface area contributed by atoms with Crippen molar-refractivity contribution in [2.45, 2.75) is 25.8 Å². The molecule has 0 saturated carbocycles. The molecule has 0 aliphatic heterocycles. The minimum absolute atomic E-state index is 0.0815. The third-order valence-corrected chi connectivity index (χ3v) is 3.62. The number of carboxylic acids is 1. The molecule has 4 N–H and O–H groups in total. The first kappa shape index (κ1) is 15.1. The molecule has 0 spiro atoms. The van der Waals surface area contributed by atoms with Gasteiger partial charge in [-0.1, -0.05) is 36.4 Å². The number of carbonyl (C=O) groups is 1. The van der Waals surface area contributed by atoms with Crippen molar-refractivity contribution in [1.82, 2.24) is 0 Å². The second-order valence-electron chi connectivity index (χ2n) is 5.27. The first-order chi connectivity index (χ1) is 9.91. The number of phenols is 1. The Kier molecular flexibility index (Phi) is 4.29. The van der Waals surface area contributed by atoms with Crippen molar-refractivity contribution in [3.8, 4) is 5.75 Å². The SMILES string of the molecule is Cc1cc(C)c([C@@H](c2ccccc2)[C@@H](N)C(=O)O)c(O)c1. The number of benzene rings is 2. The largest absolute Gasteiger partial charge is 0.508 e. The average Bonchev–Trinajstić information content (AvgIpc) is 2.42. The number of carboxylic acid groups (broad SMARTS) is 1. The molecule has 0 aliphatic rings. The molecule has 0 aliphatic carbocycles. The molecule has 2 aromatic rings. The van der Waals surface area contributed by atoms with E-state index in [1.54, 1.807) is 6.07 Å². The Morgan fingerprint density at radius 3 is 2.29 bits per heavy atom. The van der Waals surface area contributed by atoms with E-state index < -0.39 is 17.9 Å². The van der Waals surface area contributed by atoms with Gasteiger partial charge in [-0.25, -0.2) is 0 Å². The highest BCUT2D eigenvalue weighted by Crippen LogP contribution is 2.36. The highest BCUT2D eigenvalue weighted by molar-refractivity contribution is 5.76. The molecule has 0 bridgehead atoms. The first-order valence-electron chi connectivity index (χ1n) is 6.75. The smallest absolute Gasteiger partial charge is 0.321 e. The van der Waals surface area contributed by atoms with Crippen LogP contribution in [-0.2, 0) is 4.79 Å². The summed E-state index contributed by atoms with van der Waals surface area (Å²) in [6.07, 6.45) is 0. The Hall–Kier alpha value is -2.33. The summed E-state index contributed by atoms with van der Waals surface area (Å²) in [6, 6.07) is 11.6. The Morgan fingerprint density at radius 1 is 1.14 bits per heavy atom. The van der Waals surface area contributed by atoms with E-state index in [4.69, 9.17) is 5.73 Å². The monoisotopic (exact) mass is 285 g/mol. The van der Waals surface area contributed by atoms with Crippen molar-refractivity contribution in [1.29, 1.82) is 0 Å². The Labute approximate surface area is 123 Å². The number of aryl methyl sites for hydroxylation is 2. The third-order valence-electron chi connectivity index (χ3n) is 3.62. The lowest BCUT2D eigenvalue weighted by molar-refractivity contribution is -0.138. The zero-order valence-electron chi connectivity index (χ0n) is 12.1. The number of aliphatic carboxylic acids is 1. The molecular formula is C17H19NO3. The van der Waals surface area contributed by atoms with Gasteiger partial charge in [-0.05, 0) is 36.6 Å². The number of aromatic hydroxyl groups is 1. The molecule has 0 aromatic heterocycles. The lowest BCUT2D eigenvalue weighted by atomic mass is 9.82. The van der Waals surface area contributed by atoms with Crippen LogP contribution in [0.5, 0.6) is 5.75 Å². The van der Waals surface area contributed by atoms with E-state index in [0.29, 0.717) is 5.56 Å². The van der Waals surface area contributed by atoms with E-state index in [1.807, 2.05) is 50.2 Å². The van der Waals surface area contributed by atoms with Gasteiger partial charge in [0.25, 0.3) is 0 Å². The summed E-state index contributed by atoms with van der Waals surface area (Å²) in [5, 5.41) is 19.6. The number of phenolic OH excluding ortho intramolecular Hbond substituents is 1. The van der Waals surface area contributed by atoms with Crippen LogP contribution in [0.3, 0.4) is 0 Å². The summed E-state index contributed by atoms with van der Waals surface area (Å²) >= 11 is 0. The number of hydrogen-bond donors (Lipinski definition) is 3. The zero-order valence-corrected chi connectivity index (χ0v) is 12.1. The Bertz CT molecular complexity index is 629. The van der Waals surface area contributed by atoms with E-state index >= 15 is 0 Å². The molecule has 0 amide bonds. The molecular weight excluding hydrogens is 266 g/mol. The topological polar surface area (TPSA) is 83.6 Å². The van der Waals surface area contributed by atoms with E-state index in [0.717, 1.165) is 16.7 Å². The lowest BCUT2D eigenvalue weighted by Crippen LogP contribution is -2.37. The van der Waals surface area contributed by atoms with Crippen LogP contribution in [0.2, 0.25) is 0 Å². The van der Waals surface area contributed by atoms with Crippen LogP contribution >= 0.6 is 0 Å². The summed E-state index contributed by atoms with van der Waals surface area (Å²) in [5.74, 6) is -1.61. The lowest BCUT2D eigenvalue weighted by Gasteiger charge is -2.25. The third kappa shape index (κ3) is 3.06. The van der Waals surface area contributed by atoms with Crippen LogP contribution in [0.25, 0.3) is 0 Å². The molecule has 0 saturated heterocycles. The van der Waals surface area contributed by atoms with Gasteiger partial charge in [0.2, 0.25) is 0 Å². The average molecular weight is 285 g/mol. The van der Waals surface area contributed by atoms with Crippen LogP contribution in [0, 0.1) is 13.8 Å². The maximum absolute atomic E-state index is 11.4. The van der Waals surface area contributed by atoms with Gasteiger partial charge in [0, 0.05) is 11.5 Å². The molecule has 21 heavy (non-hydrogen) atoms. The molecule has 2 atom stereocenters. The Morgan fingerprint density at radius 2 is 1.76 bits per heavy atom. The number of rotatable bonds is 4. The van der Waals surface area contributed by atoms with E-state index in [2.05, 4.69) is 0 Å². The fourth-order valence-corrected chi connectivity index (χ4v) is 2.72. The molecule has 4 nitrogen and oxygen atoms in total. The molecule has 2 aromatic carbocycles. The van der Waals surface area contributed by atoms with Gasteiger partial charge in [-0.2, -0.15) is 0 Å².